The molecule has 1 rings (SSSR count). The molecule has 0 aromatic carbocycles. The van der Waals surface area contributed by atoms with E-state index in [1.807, 2.05) is 6.92 Å². The number of hydrogen-bond donors (Lipinski definition) is 2. The van der Waals surface area contributed by atoms with Crippen molar-refractivity contribution in [2.45, 2.75) is 26.2 Å². The molecule has 0 aromatic rings. The van der Waals surface area contributed by atoms with Gasteiger partial charge in [0.15, 0.2) is 0 Å². The highest BCUT2D eigenvalue weighted by atomic mass is 35.5. The summed E-state index contributed by atoms with van der Waals surface area (Å²) in [5.74, 6) is -0.409. The molecule has 14 heavy (non-hydrogen) atoms. The smallest absolute Gasteiger partial charge is 0.247 e. The summed E-state index contributed by atoms with van der Waals surface area (Å²) in [6.07, 6.45) is 3.76. The number of carbonyl (C=O) groups is 1. The number of rotatable bonds is 3. The Morgan fingerprint density at radius 2 is 2.00 bits per heavy atom. The molecule has 84 valence electrons. The van der Waals surface area contributed by atoms with Crippen LogP contribution in [0.3, 0.4) is 0 Å². The lowest BCUT2D eigenvalue weighted by Gasteiger charge is -2.28. The second-order valence-electron chi connectivity index (χ2n) is 3.74. The van der Waals surface area contributed by atoms with Gasteiger partial charge < -0.3 is 4.90 Å². The van der Waals surface area contributed by atoms with Gasteiger partial charge >= 0.3 is 0 Å². The van der Waals surface area contributed by atoms with Gasteiger partial charge in [-0.05, 0) is 25.9 Å². The third-order valence-electron chi connectivity index (χ3n) is 2.54. The van der Waals surface area contributed by atoms with E-state index in [9.17, 15) is 4.79 Å². The maximum absolute atomic E-state index is 11.0. The average Bonchev–Trinajstić information content (AvgIpc) is 2.18. The zero-order valence-electron chi connectivity index (χ0n) is 8.53. The van der Waals surface area contributed by atoms with Crippen molar-refractivity contribution in [3.8, 4) is 0 Å². The molecule has 0 saturated carbocycles. The van der Waals surface area contributed by atoms with Crippen molar-refractivity contribution in [3.05, 3.63) is 0 Å². The van der Waals surface area contributed by atoms with Crippen LogP contribution in [0, 0.1) is 5.92 Å². The van der Waals surface area contributed by atoms with E-state index in [1.165, 1.54) is 19.3 Å². The monoisotopic (exact) mass is 222 g/mol. The number of piperidine rings is 1. The van der Waals surface area contributed by atoms with Crippen molar-refractivity contribution in [1.29, 1.82) is 0 Å². The summed E-state index contributed by atoms with van der Waals surface area (Å²) < 4.78 is 0. The number of carbonyl (C=O) groups excluding carboxylic acids is 1. The first-order valence-corrected chi connectivity index (χ1v) is 4.90. The molecule has 1 saturated heterocycles. The predicted molar refractivity (Wildman–Crippen MR) is 56.6 cm³/mol. The van der Waals surface area contributed by atoms with Crippen LogP contribution in [0.2, 0.25) is 0 Å². The number of hydroxylamine groups is 1. The first-order chi connectivity index (χ1) is 6.24. The Kier molecular flexibility index (Phi) is 6.87. The van der Waals surface area contributed by atoms with Crippen molar-refractivity contribution in [1.82, 2.24) is 10.4 Å². The van der Waals surface area contributed by atoms with Gasteiger partial charge in [0.25, 0.3) is 0 Å². The highest BCUT2D eigenvalue weighted by molar-refractivity contribution is 5.85. The standard InChI is InChI=1S/C9H18N2O2.ClH/c1-8(9(12)10-13)7-11-5-3-2-4-6-11;/h8,13H,2-7H2,1H3,(H,10,12);1H. The topological polar surface area (TPSA) is 52.6 Å². The highest BCUT2D eigenvalue weighted by Crippen LogP contribution is 2.10. The molecule has 1 aliphatic rings. The lowest BCUT2D eigenvalue weighted by molar-refractivity contribution is -0.133. The molecule has 5 heteroatoms. The minimum absolute atomic E-state index is 0. The van der Waals surface area contributed by atoms with E-state index < -0.39 is 0 Å². The van der Waals surface area contributed by atoms with Crippen LogP contribution in [0.4, 0.5) is 0 Å². The van der Waals surface area contributed by atoms with Crippen LogP contribution < -0.4 is 5.48 Å². The average molecular weight is 223 g/mol. The summed E-state index contributed by atoms with van der Waals surface area (Å²) in [6.45, 7) is 4.76. The molecule has 0 aromatic heterocycles. The molecule has 0 spiro atoms. The number of hydrogen-bond acceptors (Lipinski definition) is 3. The molecule has 1 unspecified atom stereocenters. The van der Waals surface area contributed by atoms with E-state index in [0.717, 1.165) is 19.6 Å². The van der Waals surface area contributed by atoms with E-state index >= 15 is 0 Å². The van der Waals surface area contributed by atoms with E-state index in [1.54, 1.807) is 5.48 Å². The van der Waals surface area contributed by atoms with Crippen LogP contribution >= 0.6 is 12.4 Å². The molecule has 1 amide bonds. The minimum atomic E-state index is -0.287. The van der Waals surface area contributed by atoms with Crippen LogP contribution in [0.15, 0.2) is 0 Å². The largest absolute Gasteiger partial charge is 0.303 e. The first kappa shape index (κ1) is 13.7. The summed E-state index contributed by atoms with van der Waals surface area (Å²) >= 11 is 0. The van der Waals surface area contributed by atoms with Gasteiger partial charge in [0, 0.05) is 12.5 Å². The summed E-state index contributed by atoms with van der Waals surface area (Å²) in [4.78, 5) is 13.3. The molecule has 1 aliphatic heterocycles. The van der Waals surface area contributed by atoms with Gasteiger partial charge in [-0.2, -0.15) is 0 Å². The zero-order valence-corrected chi connectivity index (χ0v) is 9.35. The Labute approximate surface area is 91.0 Å². The predicted octanol–water partition coefficient (Wildman–Crippen LogP) is 1.04. The van der Waals surface area contributed by atoms with Crippen molar-refractivity contribution in [3.63, 3.8) is 0 Å². The third-order valence-corrected chi connectivity index (χ3v) is 2.54. The van der Waals surface area contributed by atoms with E-state index in [2.05, 4.69) is 4.90 Å². The fourth-order valence-electron chi connectivity index (χ4n) is 1.72. The molecule has 4 nitrogen and oxygen atoms in total. The van der Waals surface area contributed by atoms with E-state index in [0.29, 0.717) is 0 Å². The molecule has 1 heterocycles. The summed E-state index contributed by atoms with van der Waals surface area (Å²) in [5.41, 5.74) is 1.69. The van der Waals surface area contributed by atoms with Crippen LogP contribution in [0.25, 0.3) is 0 Å². The molecule has 0 radical (unpaired) electrons. The summed E-state index contributed by atoms with van der Waals surface area (Å²) in [6, 6.07) is 0. The number of nitrogens with zero attached hydrogens (tertiary/aromatic N) is 1. The Balaban J connectivity index is 0.00000169. The van der Waals surface area contributed by atoms with Crippen molar-refractivity contribution in [2.24, 2.45) is 5.92 Å². The van der Waals surface area contributed by atoms with Crippen LogP contribution in [0.1, 0.15) is 26.2 Å². The van der Waals surface area contributed by atoms with Crippen LogP contribution in [-0.2, 0) is 4.79 Å². The minimum Gasteiger partial charge on any atom is -0.303 e. The van der Waals surface area contributed by atoms with Gasteiger partial charge in [0.2, 0.25) is 5.91 Å². The Hall–Kier alpha value is -0.320. The van der Waals surface area contributed by atoms with Crippen LogP contribution in [-0.4, -0.2) is 35.6 Å². The zero-order chi connectivity index (χ0) is 9.68. The first-order valence-electron chi connectivity index (χ1n) is 4.90. The normalized spacial score (nSPS) is 19.6. The maximum Gasteiger partial charge on any atom is 0.247 e. The van der Waals surface area contributed by atoms with Gasteiger partial charge in [-0.3, -0.25) is 10.0 Å². The molecule has 1 fully saturated rings. The maximum atomic E-state index is 11.0. The Bertz CT molecular complexity index is 172. The lowest BCUT2D eigenvalue weighted by atomic mass is 10.1. The number of halogens is 1. The lowest BCUT2D eigenvalue weighted by Crippen LogP contribution is -2.38. The molecule has 2 N–H and O–H groups in total. The van der Waals surface area contributed by atoms with Crippen molar-refractivity contribution >= 4 is 18.3 Å². The van der Waals surface area contributed by atoms with E-state index in [-0.39, 0.29) is 24.2 Å². The van der Waals surface area contributed by atoms with E-state index in [4.69, 9.17) is 5.21 Å². The van der Waals surface area contributed by atoms with Gasteiger partial charge in [0.1, 0.15) is 0 Å². The highest BCUT2D eigenvalue weighted by Gasteiger charge is 2.17. The summed E-state index contributed by atoms with van der Waals surface area (Å²) in [5, 5.41) is 8.42. The SMILES string of the molecule is CC(CN1CCCCC1)C(=O)NO.Cl. The Morgan fingerprint density at radius 1 is 1.43 bits per heavy atom. The number of nitrogens with one attached hydrogen (secondary N) is 1. The molecule has 1 atom stereocenters. The summed E-state index contributed by atoms with van der Waals surface area (Å²) in [7, 11) is 0. The third kappa shape index (κ3) is 4.26. The number of likely N-dealkylation sites (tertiary alicyclic amines) is 1. The van der Waals surface area contributed by atoms with Gasteiger partial charge in [-0.25, -0.2) is 5.48 Å². The second-order valence-corrected chi connectivity index (χ2v) is 3.74. The second kappa shape index (κ2) is 7.04. The van der Waals surface area contributed by atoms with Crippen LogP contribution in [0.5, 0.6) is 0 Å². The molecular weight excluding hydrogens is 204 g/mol. The Morgan fingerprint density at radius 3 is 2.50 bits per heavy atom. The molecular formula is C9H19ClN2O2. The molecule has 0 bridgehead atoms. The van der Waals surface area contributed by atoms with Gasteiger partial charge in [-0.15, -0.1) is 12.4 Å². The van der Waals surface area contributed by atoms with Crippen molar-refractivity contribution < 1.29 is 10.0 Å². The molecule has 0 aliphatic carbocycles. The van der Waals surface area contributed by atoms with Gasteiger partial charge in [0.05, 0.1) is 0 Å². The quantitative estimate of drug-likeness (QED) is 0.554. The fourth-order valence-corrected chi connectivity index (χ4v) is 1.72. The van der Waals surface area contributed by atoms with Gasteiger partial charge in [-0.1, -0.05) is 13.3 Å². The fraction of sp³-hybridized carbons (Fsp3) is 0.889. The van der Waals surface area contributed by atoms with Crippen molar-refractivity contribution in [2.75, 3.05) is 19.6 Å². The number of amides is 1.